The van der Waals surface area contributed by atoms with Crippen molar-refractivity contribution in [3.8, 4) is 11.5 Å². The molecule has 1 atom stereocenters. The maximum absolute atomic E-state index is 5.66. The third-order valence-corrected chi connectivity index (χ3v) is 3.16. The Balaban J connectivity index is 2.76. The molecule has 1 rings (SSSR count). The maximum Gasteiger partial charge on any atom is 0.161 e. The molecule has 0 heterocycles. The third kappa shape index (κ3) is 5.39. The summed E-state index contributed by atoms with van der Waals surface area (Å²) in [5.41, 5.74) is 6.80. The zero-order valence-corrected chi connectivity index (χ0v) is 12.9. The van der Waals surface area contributed by atoms with Gasteiger partial charge >= 0.3 is 0 Å². The van der Waals surface area contributed by atoms with E-state index in [0.29, 0.717) is 25.8 Å². The van der Waals surface area contributed by atoms with E-state index in [9.17, 15) is 0 Å². The molecule has 0 saturated carbocycles. The second-order valence-electron chi connectivity index (χ2n) is 4.70. The molecule has 0 spiro atoms. The van der Waals surface area contributed by atoms with Gasteiger partial charge in [-0.1, -0.05) is 13.0 Å². The number of benzene rings is 1. The van der Waals surface area contributed by atoms with Crippen molar-refractivity contribution in [3.63, 3.8) is 0 Å². The summed E-state index contributed by atoms with van der Waals surface area (Å²) in [6.07, 6.45) is 2.06. The first-order valence-electron chi connectivity index (χ1n) is 7.57. The molecule has 0 saturated heterocycles. The molecule has 0 aliphatic rings. The van der Waals surface area contributed by atoms with Gasteiger partial charge in [-0.2, -0.15) is 0 Å². The average molecular weight is 280 g/mol. The lowest BCUT2D eigenvalue weighted by Gasteiger charge is -2.18. The Bertz CT molecular complexity index is 383. The van der Waals surface area contributed by atoms with Gasteiger partial charge < -0.3 is 20.5 Å². The molecule has 1 aromatic carbocycles. The van der Waals surface area contributed by atoms with E-state index in [1.807, 2.05) is 19.9 Å². The van der Waals surface area contributed by atoms with Crippen LogP contribution in [0, 0.1) is 0 Å². The van der Waals surface area contributed by atoms with Gasteiger partial charge in [-0.15, -0.1) is 0 Å². The number of nitrogens with one attached hydrogen (secondary N) is 1. The second-order valence-corrected chi connectivity index (χ2v) is 4.70. The van der Waals surface area contributed by atoms with Gasteiger partial charge in [-0.05, 0) is 44.4 Å². The van der Waals surface area contributed by atoms with Crippen molar-refractivity contribution in [2.24, 2.45) is 5.73 Å². The molecule has 1 unspecified atom stereocenters. The Labute approximate surface area is 122 Å². The highest BCUT2D eigenvalue weighted by molar-refractivity contribution is 5.43. The maximum atomic E-state index is 5.66. The third-order valence-electron chi connectivity index (χ3n) is 3.16. The molecule has 0 bridgehead atoms. The Morgan fingerprint density at radius 2 is 1.80 bits per heavy atom. The molecule has 0 radical (unpaired) electrons. The first-order chi connectivity index (χ1) is 9.74. The molecule has 4 nitrogen and oxygen atoms in total. The van der Waals surface area contributed by atoms with E-state index >= 15 is 0 Å². The van der Waals surface area contributed by atoms with Gasteiger partial charge in [-0.25, -0.2) is 0 Å². The summed E-state index contributed by atoms with van der Waals surface area (Å²) < 4.78 is 11.2. The first kappa shape index (κ1) is 16.8. The highest BCUT2D eigenvalue weighted by atomic mass is 16.5. The largest absolute Gasteiger partial charge is 0.490 e. The van der Waals surface area contributed by atoms with Gasteiger partial charge in [0, 0.05) is 19.1 Å². The molecule has 4 heteroatoms. The molecule has 3 N–H and O–H groups in total. The van der Waals surface area contributed by atoms with Gasteiger partial charge in [0.05, 0.1) is 13.2 Å². The Morgan fingerprint density at radius 1 is 1.10 bits per heavy atom. The van der Waals surface area contributed by atoms with Gasteiger partial charge in [0.25, 0.3) is 0 Å². The Kier molecular flexibility index (Phi) is 8.07. The number of hydrogen-bond acceptors (Lipinski definition) is 4. The van der Waals surface area contributed by atoms with Crippen molar-refractivity contribution in [2.75, 3.05) is 26.3 Å². The van der Waals surface area contributed by atoms with E-state index in [0.717, 1.165) is 30.9 Å². The molecule has 0 aliphatic heterocycles. The van der Waals surface area contributed by atoms with Crippen LogP contribution in [0.25, 0.3) is 0 Å². The lowest BCUT2D eigenvalue weighted by Crippen LogP contribution is -2.34. The van der Waals surface area contributed by atoms with E-state index in [1.54, 1.807) is 0 Å². The highest BCUT2D eigenvalue weighted by Gasteiger charge is 2.10. The minimum Gasteiger partial charge on any atom is -0.490 e. The molecule has 0 aromatic heterocycles. The predicted molar refractivity (Wildman–Crippen MR) is 83.6 cm³/mol. The minimum absolute atomic E-state index is 0.450. The van der Waals surface area contributed by atoms with Gasteiger partial charge in [0.1, 0.15) is 0 Å². The molecule has 0 amide bonds. The second kappa shape index (κ2) is 9.61. The van der Waals surface area contributed by atoms with Crippen LogP contribution in [0.2, 0.25) is 0 Å². The zero-order chi connectivity index (χ0) is 14.8. The fourth-order valence-corrected chi connectivity index (χ4v) is 2.16. The number of rotatable bonds is 10. The van der Waals surface area contributed by atoms with E-state index < -0.39 is 0 Å². The Hall–Kier alpha value is -1.26. The summed E-state index contributed by atoms with van der Waals surface area (Å²) in [5.74, 6) is 1.65. The Morgan fingerprint density at radius 3 is 2.40 bits per heavy atom. The van der Waals surface area contributed by atoms with Crippen molar-refractivity contribution in [1.82, 2.24) is 5.32 Å². The molecule has 0 aliphatic carbocycles. The average Bonchev–Trinajstić information content (AvgIpc) is 2.46. The minimum atomic E-state index is 0.450. The van der Waals surface area contributed by atoms with Crippen molar-refractivity contribution < 1.29 is 9.47 Å². The van der Waals surface area contributed by atoms with Crippen molar-refractivity contribution in [2.45, 2.75) is 39.7 Å². The standard InChI is InChI=1S/C16H28N2O2/c1-4-14(18-10-9-17)11-13-7-8-15(19-5-2)16(12-13)20-6-3/h7-8,12,14,18H,4-6,9-11,17H2,1-3H3. The first-order valence-corrected chi connectivity index (χ1v) is 7.57. The summed E-state index contributed by atoms with van der Waals surface area (Å²) in [7, 11) is 0. The summed E-state index contributed by atoms with van der Waals surface area (Å²) in [5, 5.41) is 3.46. The number of hydrogen-bond donors (Lipinski definition) is 2. The molecule has 20 heavy (non-hydrogen) atoms. The van der Waals surface area contributed by atoms with Gasteiger partial charge in [0.2, 0.25) is 0 Å². The fraction of sp³-hybridized carbons (Fsp3) is 0.625. The van der Waals surface area contributed by atoms with Crippen LogP contribution in [0.3, 0.4) is 0 Å². The van der Waals surface area contributed by atoms with E-state index in [1.165, 1.54) is 5.56 Å². The molecule has 114 valence electrons. The quantitative estimate of drug-likeness (QED) is 0.691. The van der Waals surface area contributed by atoms with E-state index in [2.05, 4.69) is 24.4 Å². The lowest BCUT2D eigenvalue weighted by molar-refractivity contribution is 0.287. The smallest absolute Gasteiger partial charge is 0.161 e. The summed E-state index contributed by atoms with van der Waals surface area (Å²) >= 11 is 0. The number of ether oxygens (including phenoxy) is 2. The highest BCUT2D eigenvalue weighted by Crippen LogP contribution is 2.29. The van der Waals surface area contributed by atoms with Crippen LogP contribution in [0.15, 0.2) is 18.2 Å². The van der Waals surface area contributed by atoms with Crippen molar-refractivity contribution >= 4 is 0 Å². The van der Waals surface area contributed by atoms with Crippen LogP contribution in [0.4, 0.5) is 0 Å². The van der Waals surface area contributed by atoms with Crippen LogP contribution in [-0.2, 0) is 6.42 Å². The fourth-order valence-electron chi connectivity index (χ4n) is 2.16. The van der Waals surface area contributed by atoms with Crippen molar-refractivity contribution in [3.05, 3.63) is 23.8 Å². The van der Waals surface area contributed by atoms with E-state index in [4.69, 9.17) is 15.2 Å². The molecular formula is C16H28N2O2. The SMILES string of the molecule is CCOc1ccc(CC(CC)NCCN)cc1OCC. The molecule has 0 fully saturated rings. The topological polar surface area (TPSA) is 56.5 Å². The lowest BCUT2D eigenvalue weighted by atomic mass is 10.0. The predicted octanol–water partition coefficient (Wildman–Crippen LogP) is 2.35. The van der Waals surface area contributed by atoms with Gasteiger partial charge in [-0.3, -0.25) is 0 Å². The molecule has 1 aromatic rings. The van der Waals surface area contributed by atoms with Crippen LogP contribution < -0.4 is 20.5 Å². The van der Waals surface area contributed by atoms with Gasteiger partial charge in [0.15, 0.2) is 11.5 Å². The van der Waals surface area contributed by atoms with Crippen molar-refractivity contribution in [1.29, 1.82) is 0 Å². The zero-order valence-electron chi connectivity index (χ0n) is 12.9. The number of nitrogens with two attached hydrogens (primary N) is 1. The normalized spacial score (nSPS) is 12.2. The molecular weight excluding hydrogens is 252 g/mol. The summed E-state index contributed by atoms with van der Waals surface area (Å²) in [6, 6.07) is 6.65. The summed E-state index contributed by atoms with van der Waals surface area (Å²) in [4.78, 5) is 0. The van der Waals surface area contributed by atoms with Crippen LogP contribution in [0.5, 0.6) is 11.5 Å². The van der Waals surface area contributed by atoms with Crippen LogP contribution in [0.1, 0.15) is 32.8 Å². The van der Waals surface area contributed by atoms with E-state index in [-0.39, 0.29) is 0 Å². The van der Waals surface area contributed by atoms with Crippen LogP contribution >= 0.6 is 0 Å². The van der Waals surface area contributed by atoms with Crippen LogP contribution in [-0.4, -0.2) is 32.3 Å². The summed E-state index contributed by atoms with van der Waals surface area (Å²) in [6.45, 7) is 8.97. The monoisotopic (exact) mass is 280 g/mol.